The molecule has 0 unspecified atom stereocenters. The SMILES string of the molecule is O=[N+]([O-])c1ccc(Br)cc1CNc1ccc(O)c(Cl)c1. The fourth-order valence-electron chi connectivity index (χ4n) is 1.69. The molecule has 0 fully saturated rings. The van der Waals surface area contributed by atoms with Gasteiger partial charge in [0.2, 0.25) is 0 Å². The van der Waals surface area contributed by atoms with Gasteiger partial charge in [0.15, 0.2) is 0 Å². The Balaban J connectivity index is 2.20. The van der Waals surface area contributed by atoms with Crippen molar-refractivity contribution in [2.45, 2.75) is 6.54 Å². The first-order chi connectivity index (χ1) is 9.47. The number of anilines is 1. The summed E-state index contributed by atoms with van der Waals surface area (Å²) in [5.74, 6) is -0.00865. The minimum absolute atomic E-state index is 0.00865. The van der Waals surface area contributed by atoms with Crippen molar-refractivity contribution < 1.29 is 10.0 Å². The maximum atomic E-state index is 11.0. The molecule has 0 heterocycles. The van der Waals surface area contributed by atoms with Crippen molar-refractivity contribution in [3.8, 4) is 5.75 Å². The van der Waals surface area contributed by atoms with Crippen molar-refractivity contribution in [1.82, 2.24) is 0 Å². The van der Waals surface area contributed by atoms with Crippen LogP contribution >= 0.6 is 27.5 Å². The third-order valence-corrected chi connectivity index (χ3v) is 3.46. The number of phenols is 1. The highest BCUT2D eigenvalue weighted by Gasteiger charge is 2.13. The fraction of sp³-hybridized carbons (Fsp3) is 0.0769. The Bertz CT molecular complexity index is 664. The van der Waals surface area contributed by atoms with Gasteiger partial charge in [-0.2, -0.15) is 0 Å². The van der Waals surface area contributed by atoms with Gasteiger partial charge in [-0.1, -0.05) is 27.5 Å². The molecule has 0 aliphatic rings. The molecule has 0 bridgehead atoms. The first-order valence-corrected chi connectivity index (χ1v) is 6.79. The number of nitro groups is 1. The summed E-state index contributed by atoms with van der Waals surface area (Å²) in [7, 11) is 0. The predicted molar refractivity (Wildman–Crippen MR) is 81.2 cm³/mol. The Labute approximate surface area is 128 Å². The maximum absolute atomic E-state index is 11.0. The molecule has 0 spiro atoms. The van der Waals surface area contributed by atoms with Crippen LogP contribution in [0.3, 0.4) is 0 Å². The lowest BCUT2D eigenvalue weighted by Gasteiger charge is -2.08. The Hall–Kier alpha value is -1.79. The van der Waals surface area contributed by atoms with Gasteiger partial charge < -0.3 is 10.4 Å². The predicted octanol–water partition coefficient (Wildman–Crippen LogP) is 4.33. The average molecular weight is 358 g/mol. The van der Waals surface area contributed by atoms with E-state index in [9.17, 15) is 15.2 Å². The van der Waals surface area contributed by atoms with Crippen LogP contribution in [-0.4, -0.2) is 10.0 Å². The van der Waals surface area contributed by atoms with E-state index in [0.717, 1.165) is 4.47 Å². The smallest absolute Gasteiger partial charge is 0.274 e. The molecule has 2 aromatic rings. The maximum Gasteiger partial charge on any atom is 0.274 e. The monoisotopic (exact) mass is 356 g/mol. The summed E-state index contributed by atoms with van der Waals surface area (Å²) in [6, 6.07) is 9.42. The number of halogens is 2. The number of nitro benzene ring substituents is 1. The third kappa shape index (κ3) is 3.40. The Morgan fingerprint density at radius 2 is 2.05 bits per heavy atom. The van der Waals surface area contributed by atoms with Crippen molar-refractivity contribution in [1.29, 1.82) is 0 Å². The van der Waals surface area contributed by atoms with Crippen LogP contribution in [0.15, 0.2) is 40.9 Å². The second kappa shape index (κ2) is 6.11. The number of rotatable bonds is 4. The minimum Gasteiger partial charge on any atom is -0.506 e. The van der Waals surface area contributed by atoms with Crippen LogP contribution < -0.4 is 5.32 Å². The van der Waals surface area contributed by atoms with E-state index in [1.807, 2.05) is 0 Å². The van der Waals surface area contributed by atoms with Crippen molar-refractivity contribution >= 4 is 38.9 Å². The van der Waals surface area contributed by atoms with Crippen LogP contribution in [0.4, 0.5) is 11.4 Å². The average Bonchev–Trinajstić information content (AvgIpc) is 2.40. The molecular formula is C13H10BrClN2O3. The number of benzene rings is 2. The lowest BCUT2D eigenvalue weighted by molar-refractivity contribution is -0.385. The molecular weight excluding hydrogens is 348 g/mol. The largest absolute Gasteiger partial charge is 0.506 e. The molecule has 0 aliphatic carbocycles. The van der Waals surface area contributed by atoms with E-state index in [1.54, 1.807) is 24.3 Å². The summed E-state index contributed by atoms with van der Waals surface area (Å²) in [5.41, 5.74) is 1.27. The quantitative estimate of drug-likeness (QED) is 0.485. The van der Waals surface area contributed by atoms with E-state index in [0.29, 0.717) is 11.3 Å². The van der Waals surface area contributed by atoms with Gasteiger partial charge in [0.05, 0.1) is 9.95 Å². The highest BCUT2D eigenvalue weighted by atomic mass is 79.9. The number of aromatic hydroxyl groups is 1. The molecule has 2 N–H and O–H groups in total. The van der Waals surface area contributed by atoms with E-state index in [4.69, 9.17) is 11.6 Å². The zero-order chi connectivity index (χ0) is 14.7. The molecule has 2 aromatic carbocycles. The summed E-state index contributed by atoms with van der Waals surface area (Å²) >= 11 is 9.09. The van der Waals surface area contributed by atoms with Crippen molar-refractivity contribution in [3.05, 3.63) is 61.6 Å². The molecule has 0 atom stereocenters. The van der Waals surface area contributed by atoms with Crippen LogP contribution in [0.25, 0.3) is 0 Å². The summed E-state index contributed by atoms with van der Waals surface area (Å²) in [4.78, 5) is 10.5. The number of hydrogen-bond donors (Lipinski definition) is 2. The van der Waals surface area contributed by atoms with Gasteiger partial charge in [-0.05, 0) is 30.3 Å². The third-order valence-electron chi connectivity index (χ3n) is 2.67. The molecule has 0 saturated heterocycles. The Morgan fingerprint density at radius 1 is 1.30 bits per heavy atom. The highest BCUT2D eigenvalue weighted by Crippen LogP contribution is 2.28. The molecule has 20 heavy (non-hydrogen) atoms. The molecule has 5 nitrogen and oxygen atoms in total. The first kappa shape index (κ1) is 14.6. The molecule has 0 aromatic heterocycles. The van der Waals surface area contributed by atoms with E-state index < -0.39 is 4.92 Å². The zero-order valence-electron chi connectivity index (χ0n) is 10.1. The van der Waals surface area contributed by atoms with Crippen LogP contribution in [0.1, 0.15) is 5.56 Å². The molecule has 7 heteroatoms. The Morgan fingerprint density at radius 3 is 2.70 bits per heavy atom. The molecule has 0 amide bonds. The van der Waals surface area contributed by atoms with E-state index in [1.165, 1.54) is 12.1 Å². The standard InChI is InChI=1S/C13H10BrClN2O3/c14-9-1-3-12(17(19)20)8(5-9)7-16-10-2-4-13(18)11(15)6-10/h1-6,16,18H,7H2. The summed E-state index contributed by atoms with van der Waals surface area (Å²) in [6.45, 7) is 0.275. The van der Waals surface area contributed by atoms with E-state index in [2.05, 4.69) is 21.2 Å². The minimum atomic E-state index is -0.423. The second-order valence-corrected chi connectivity index (χ2v) is 5.37. The summed E-state index contributed by atoms with van der Waals surface area (Å²) in [6.07, 6.45) is 0. The van der Waals surface area contributed by atoms with Crippen molar-refractivity contribution in [2.24, 2.45) is 0 Å². The number of hydrogen-bond acceptors (Lipinski definition) is 4. The molecule has 0 radical (unpaired) electrons. The second-order valence-electron chi connectivity index (χ2n) is 4.05. The molecule has 2 rings (SSSR count). The van der Waals surface area contributed by atoms with Crippen molar-refractivity contribution in [2.75, 3.05) is 5.32 Å². The number of phenolic OH excluding ortho intramolecular Hbond substituents is 1. The van der Waals surface area contributed by atoms with Gasteiger partial charge in [0.1, 0.15) is 5.75 Å². The van der Waals surface area contributed by atoms with Crippen LogP contribution in [-0.2, 0) is 6.54 Å². The Kier molecular flexibility index (Phi) is 4.46. The lowest BCUT2D eigenvalue weighted by atomic mass is 10.1. The van der Waals surface area contributed by atoms with E-state index >= 15 is 0 Å². The highest BCUT2D eigenvalue weighted by molar-refractivity contribution is 9.10. The zero-order valence-corrected chi connectivity index (χ0v) is 12.5. The summed E-state index contributed by atoms with van der Waals surface area (Å²) < 4.78 is 0.767. The first-order valence-electron chi connectivity index (χ1n) is 5.62. The van der Waals surface area contributed by atoms with Gasteiger partial charge in [-0.15, -0.1) is 0 Å². The normalized spacial score (nSPS) is 10.3. The topological polar surface area (TPSA) is 75.4 Å². The van der Waals surface area contributed by atoms with Gasteiger partial charge in [0.25, 0.3) is 5.69 Å². The molecule has 0 aliphatic heterocycles. The van der Waals surface area contributed by atoms with Crippen LogP contribution in [0, 0.1) is 10.1 Å². The summed E-state index contributed by atoms with van der Waals surface area (Å²) in [5, 5.41) is 23.5. The van der Waals surface area contributed by atoms with Gasteiger partial charge in [0, 0.05) is 28.3 Å². The lowest BCUT2D eigenvalue weighted by Crippen LogP contribution is -2.03. The van der Waals surface area contributed by atoms with Crippen LogP contribution in [0.5, 0.6) is 5.75 Å². The van der Waals surface area contributed by atoms with Gasteiger partial charge in [-0.25, -0.2) is 0 Å². The molecule has 0 saturated carbocycles. The van der Waals surface area contributed by atoms with Crippen molar-refractivity contribution in [3.63, 3.8) is 0 Å². The van der Waals surface area contributed by atoms with Gasteiger partial charge in [-0.3, -0.25) is 10.1 Å². The van der Waals surface area contributed by atoms with E-state index in [-0.39, 0.29) is 23.0 Å². The number of nitrogens with one attached hydrogen (secondary N) is 1. The fourth-order valence-corrected chi connectivity index (χ4v) is 2.28. The van der Waals surface area contributed by atoms with Gasteiger partial charge >= 0.3 is 0 Å². The molecule has 104 valence electrons. The van der Waals surface area contributed by atoms with Crippen LogP contribution in [0.2, 0.25) is 5.02 Å². The number of nitrogens with zero attached hydrogens (tertiary/aromatic N) is 1.